The van der Waals surface area contributed by atoms with E-state index in [0.717, 1.165) is 4.31 Å². The molecule has 0 aliphatic carbocycles. The summed E-state index contributed by atoms with van der Waals surface area (Å²) in [5.41, 5.74) is 0.385. The minimum absolute atomic E-state index is 0.0748. The van der Waals surface area contributed by atoms with Crippen LogP contribution in [0.25, 0.3) is 0 Å². The number of ether oxygens (including phenoxy) is 1. The van der Waals surface area contributed by atoms with Gasteiger partial charge >= 0.3 is 0 Å². The van der Waals surface area contributed by atoms with Gasteiger partial charge in [0.2, 0.25) is 15.9 Å². The van der Waals surface area contributed by atoms with Gasteiger partial charge in [0.05, 0.1) is 35.1 Å². The van der Waals surface area contributed by atoms with Crippen LogP contribution < -0.4 is 13.8 Å². The van der Waals surface area contributed by atoms with Crippen molar-refractivity contribution in [3.05, 3.63) is 48.5 Å². The minimum atomic E-state index is -3.92. The lowest BCUT2D eigenvalue weighted by Crippen LogP contribution is -2.30. The number of sulfonamides is 2. The summed E-state index contributed by atoms with van der Waals surface area (Å²) < 4.78 is 57.7. The first-order chi connectivity index (χ1) is 12.7. The molecule has 1 unspecified atom stereocenters. The smallest absolute Gasteiger partial charge is 0.262 e. The Kier molecular flexibility index (Phi) is 4.87. The van der Waals surface area contributed by atoms with Gasteiger partial charge in [0, 0.05) is 0 Å². The van der Waals surface area contributed by atoms with E-state index in [4.69, 9.17) is 4.74 Å². The van der Waals surface area contributed by atoms with E-state index in [0.29, 0.717) is 5.75 Å². The first kappa shape index (κ1) is 19.2. The van der Waals surface area contributed by atoms with E-state index >= 15 is 0 Å². The van der Waals surface area contributed by atoms with Crippen LogP contribution in [-0.4, -0.2) is 35.6 Å². The highest BCUT2D eigenvalue weighted by molar-refractivity contribution is 7.94. The summed E-state index contributed by atoms with van der Waals surface area (Å²) >= 11 is 0. The Morgan fingerprint density at radius 3 is 2.30 bits per heavy atom. The molecular formula is C17H18N2O6S2. The number of hydrogen-bond acceptors (Lipinski definition) is 6. The maximum Gasteiger partial charge on any atom is 0.262 e. The number of amides is 1. The fraction of sp³-hybridized carbons (Fsp3) is 0.235. The predicted octanol–water partition coefficient (Wildman–Crippen LogP) is 1.81. The van der Waals surface area contributed by atoms with Gasteiger partial charge in [-0.05, 0) is 36.4 Å². The Bertz CT molecular complexity index is 1080. The normalized spacial score (nSPS) is 19.1. The molecule has 1 aliphatic rings. The number of carbonyl (C=O) groups excluding carboxylic acids is 1. The van der Waals surface area contributed by atoms with Crippen molar-refractivity contribution in [2.45, 2.75) is 11.8 Å². The van der Waals surface area contributed by atoms with Crippen LogP contribution in [0.15, 0.2) is 53.4 Å². The van der Waals surface area contributed by atoms with E-state index in [2.05, 4.69) is 4.72 Å². The second-order valence-electron chi connectivity index (χ2n) is 6.08. The molecule has 0 aromatic heterocycles. The van der Waals surface area contributed by atoms with Crippen molar-refractivity contribution < 1.29 is 26.4 Å². The average Bonchev–Trinajstić information content (AvgIpc) is 2.82. The van der Waals surface area contributed by atoms with Crippen LogP contribution in [0.4, 0.5) is 11.4 Å². The summed E-state index contributed by atoms with van der Waals surface area (Å²) in [5, 5.41) is 0. The van der Waals surface area contributed by atoms with Crippen LogP contribution in [-0.2, 0) is 24.8 Å². The van der Waals surface area contributed by atoms with Crippen molar-refractivity contribution >= 4 is 37.3 Å². The molecule has 1 amide bonds. The third kappa shape index (κ3) is 3.62. The quantitative estimate of drug-likeness (QED) is 0.805. The largest absolute Gasteiger partial charge is 0.495 e. The van der Waals surface area contributed by atoms with Crippen LogP contribution in [0.1, 0.15) is 6.92 Å². The Labute approximate surface area is 157 Å². The zero-order valence-electron chi connectivity index (χ0n) is 14.6. The molecule has 2 aromatic carbocycles. The molecule has 1 atom stereocenters. The third-order valence-electron chi connectivity index (χ3n) is 4.09. The second-order valence-corrected chi connectivity index (χ2v) is 9.63. The SMILES string of the molecule is COc1ccccc1NS(=O)(=O)c1ccc(N2C(=O)C(C)CS2(=O)=O)cc1. The zero-order chi connectivity index (χ0) is 19.8. The molecule has 1 fully saturated rings. The lowest BCUT2D eigenvalue weighted by Gasteiger charge is -2.16. The van der Waals surface area contributed by atoms with Crippen molar-refractivity contribution in [1.29, 1.82) is 0 Å². The molecule has 27 heavy (non-hydrogen) atoms. The van der Waals surface area contributed by atoms with E-state index in [1.165, 1.54) is 38.3 Å². The number of carbonyl (C=O) groups is 1. The number of rotatable bonds is 5. The molecule has 2 aromatic rings. The molecule has 0 radical (unpaired) electrons. The molecule has 0 spiro atoms. The average molecular weight is 410 g/mol. The molecule has 1 aliphatic heterocycles. The highest BCUT2D eigenvalue weighted by Gasteiger charge is 2.41. The van der Waals surface area contributed by atoms with E-state index in [1.807, 2.05) is 0 Å². The summed E-state index contributed by atoms with van der Waals surface area (Å²) in [4.78, 5) is 12.0. The van der Waals surface area contributed by atoms with E-state index in [-0.39, 0.29) is 22.0 Å². The fourth-order valence-electron chi connectivity index (χ4n) is 2.78. The van der Waals surface area contributed by atoms with Crippen LogP contribution in [0.2, 0.25) is 0 Å². The van der Waals surface area contributed by atoms with Gasteiger partial charge in [-0.1, -0.05) is 19.1 Å². The van der Waals surface area contributed by atoms with Crippen LogP contribution in [0, 0.1) is 5.92 Å². The van der Waals surface area contributed by atoms with Gasteiger partial charge in [0.25, 0.3) is 10.0 Å². The molecule has 0 saturated carbocycles. The van der Waals surface area contributed by atoms with Crippen LogP contribution in [0.3, 0.4) is 0 Å². The maximum absolute atomic E-state index is 12.6. The first-order valence-electron chi connectivity index (χ1n) is 7.98. The standard InChI is InChI=1S/C17H18N2O6S2/c1-12-11-26(21,22)19(17(12)20)13-7-9-14(10-8-13)27(23,24)18-15-5-3-4-6-16(15)25-2/h3-10,12,18H,11H2,1-2H3. The Morgan fingerprint density at radius 2 is 1.74 bits per heavy atom. The van der Waals surface area contributed by atoms with E-state index < -0.39 is 31.9 Å². The molecule has 8 nitrogen and oxygen atoms in total. The second kappa shape index (κ2) is 6.86. The zero-order valence-corrected chi connectivity index (χ0v) is 16.2. The number of nitrogens with zero attached hydrogens (tertiary/aromatic N) is 1. The Morgan fingerprint density at radius 1 is 1.11 bits per heavy atom. The molecular weight excluding hydrogens is 392 g/mol. The van der Waals surface area contributed by atoms with Gasteiger partial charge in [0.15, 0.2) is 0 Å². The summed E-state index contributed by atoms with van der Waals surface area (Å²) in [6.45, 7) is 1.54. The summed E-state index contributed by atoms with van der Waals surface area (Å²) in [6.07, 6.45) is 0. The summed E-state index contributed by atoms with van der Waals surface area (Å²) in [6, 6.07) is 11.6. The molecule has 1 saturated heterocycles. The molecule has 10 heteroatoms. The number of benzene rings is 2. The Hall–Kier alpha value is -2.59. The van der Waals surface area contributed by atoms with Crippen LogP contribution in [0.5, 0.6) is 5.75 Å². The monoisotopic (exact) mass is 410 g/mol. The molecule has 1 heterocycles. The summed E-state index contributed by atoms with van der Waals surface area (Å²) in [5.74, 6) is -1.06. The van der Waals surface area contributed by atoms with Crippen molar-refractivity contribution in [3.8, 4) is 5.75 Å². The molecule has 0 bridgehead atoms. The maximum atomic E-state index is 12.6. The van der Waals surface area contributed by atoms with Gasteiger partial charge in [-0.2, -0.15) is 0 Å². The molecule has 1 N–H and O–H groups in total. The lowest BCUT2D eigenvalue weighted by atomic mass is 10.2. The van der Waals surface area contributed by atoms with Crippen molar-refractivity contribution in [2.75, 3.05) is 21.9 Å². The number of nitrogens with one attached hydrogen (secondary N) is 1. The lowest BCUT2D eigenvalue weighted by molar-refractivity contribution is -0.119. The topological polar surface area (TPSA) is 110 Å². The van der Waals surface area contributed by atoms with Crippen molar-refractivity contribution in [3.63, 3.8) is 0 Å². The number of methoxy groups -OCH3 is 1. The Balaban J connectivity index is 1.90. The summed E-state index contributed by atoms with van der Waals surface area (Å²) in [7, 11) is -6.24. The van der Waals surface area contributed by atoms with Gasteiger partial charge < -0.3 is 4.74 Å². The van der Waals surface area contributed by atoms with E-state index in [9.17, 15) is 21.6 Å². The van der Waals surface area contributed by atoms with Crippen molar-refractivity contribution in [2.24, 2.45) is 5.92 Å². The van der Waals surface area contributed by atoms with Crippen LogP contribution >= 0.6 is 0 Å². The molecule has 144 valence electrons. The fourth-order valence-corrected chi connectivity index (χ4v) is 5.67. The number of hydrogen-bond donors (Lipinski definition) is 1. The van der Waals surface area contributed by atoms with Crippen molar-refractivity contribution in [1.82, 2.24) is 0 Å². The van der Waals surface area contributed by atoms with Gasteiger partial charge in [-0.25, -0.2) is 21.1 Å². The van der Waals surface area contributed by atoms with E-state index in [1.54, 1.807) is 24.3 Å². The third-order valence-corrected chi connectivity index (χ3v) is 7.34. The van der Waals surface area contributed by atoms with Gasteiger partial charge in [0.1, 0.15) is 5.75 Å². The first-order valence-corrected chi connectivity index (χ1v) is 11.1. The highest BCUT2D eigenvalue weighted by Crippen LogP contribution is 2.30. The minimum Gasteiger partial charge on any atom is -0.495 e. The van der Waals surface area contributed by atoms with Gasteiger partial charge in [-0.15, -0.1) is 0 Å². The van der Waals surface area contributed by atoms with Gasteiger partial charge in [-0.3, -0.25) is 9.52 Å². The molecule has 3 rings (SSSR count). The predicted molar refractivity (Wildman–Crippen MR) is 101 cm³/mol. The number of para-hydroxylation sites is 2. The number of anilines is 2. The highest BCUT2D eigenvalue weighted by atomic mass is 32.2.